The molecule has 1 aromatic rings. The molecule has 94 valence electrons. The van der Waals surface area contributed by atoms with Gasteiger partial charge in [0.15, 0.2) is 0 Å². The molecule has 5 heteroatoms. The van der Waals surface area contributed by atoms with Gasteiger partial charge in [-0.05, 0) is 13.3 Å². The Morgan fingerprint density at radius 1 is 1.47 bits per heavy atom. The Morgan fingerprint density at radius 2 is 2.29 bits per heavy atom. The van der Waals surface area contributed by atoms with Crippen molar-refractivity contribution in [1.29, 1.82) is 0 Å². The average Bonchev–Trinajstić information content (AvgIpc) is 2.77. The molecular weight excluding hydrogens is 252 g/mol. The molecule has 0 radical (unpaired) electrons. The molecule has 1 aliphatic heterocycles. The summed E-state index contributed by atoms with van der Waals surface area (Å²) in [6.45, 7) is 4.88. The molecule has 1 atom stereocenters. The van der Waals surface area contributed by atoms with E-state index in [0.29, 0.717) is 6.61 Å². The number of aromatic amines is 1. The van der Waals surface area contributed by atoms with Crippen LogP contribution in [0.1, 0.15) is 49.9 Å². The second-order valence-electron chi connectivity index (χ2n) is 4.11. The fourth-order valence-corrected chi connectivity index (χ4v) is 3.46. The van der Waals surface area contributed by atoms with E-state index in [-0.39, 0.29) is 6.10 Å². The van der Waals surface area contributed by atoms with E-state index in [1.807, 2.05) is 18.7 Å². The van der Waals surface area contributed by atoms with Crippen LogP contribution >= 0.6 is 24.0 Å². The lowest BCUT2D eigenvalue weighted by molar-refractivity contribution is 0.0491. The average molecular weight is 270 g/mol. The summed E-state index contributed by atoms with van der Waals surface area (Å²) < 4.78 is 6.49. The quantitative estimate of drug-likeness (QED) is 0.827. The zero-order valence-electron chi connectivity index (χ0n) is 10.3. The summed E-state index contributed by atoms with van der Waals surface area (Å²) >= 11 is 7.24. The minimum atomic E-state index is 0.0580. The number of hydrogen-bond acceptors (Lipinski definition) is 4. The monoisotopic (exact) mass is 270 g/mol. The highest BCUT2D eigenvalue weighted by Gasteiger charge is 2.19. The van der Waals surface area contributed by atoms with Gasteiger partial charge in [-0.3, -0.25) is 0 Å². The van der Waals surface area contributed by atoms with Crippen LogP contribution in [0.2, 0.25) is 0 Å². The van der Waals surface area contributed by atoms with E-state index in [1.54, 1.807) is 0 Å². The van der Waals surface area contributed by atoms with E-state index in [1.165, 1.54) is 11.3 Å². The molecule has 17 heavy (non-hydrogen) atoms. The normalized spacial score (nSPS) is 15.9. The second kappa shape index (κ2) is 5.98. The molecule has 1 N–H and O–H groups in total. The lowest BCUT2D eigenvalue weighted by Gasteiger charge is -2.16. The predicted octanol–water partition coefficient (Wildman–Crippen LogP) is 3.76. The Bertz CT molecular complexity index is 439. The highest BCUT2D eigenvalue weighted by Crippen LogP contribution is 2.30. The van der Waals surface area contributed by atoms with Gasteiger partial charge in [0, 0.05) is 29.4 Å². The first-order chi connectivity index (χ1) is 8.26. The molecule has 0 fully saturated rings. The van der Waals surface area contributed by atoms with Gasteiger partial charge >= 0.3 is 0 Å². The number of nitrogens with zero attached hydrogens (tertiary/aromatic N) is 1. The lowest BCUT2D eigenvalue weighted by Crippen LogP contribution is -2.11. The van der Waals surface area contributed by atoms with E-state index in [9.17, 15) is 0 Å². The molecular formula is C12H18N2OS2. The van der Waals surface area contributed by atoms with Gasteiger partial charge in [-0.15, -0.1) is 0 Å². The zero-order valence-corrected chi connectivity index (χ0v) is 11.9. The van der Waals surface area contributed by atoms with Crippen molar-refractivity contribution in [3.63, 3.8) is 0 Å². The third-order valence-corrected chi connectivity index (χ3v) is 4.16. The van der Waals surface area contributed by atoms with Gasteiger partial charge in [0.05, 0.1) is 0 Å². The van der Waals surface area contributed by atoms with E-state index in [0.717, 1.165) is 34.8 Å². The van der Waals surface area contributed by atoms with Gasteiger partial charge in [0.25, 0.3) is 0 Å². The number of nitrogens with one attached hydrogen (secondary N) is 1. The summed E-state index contributed by atoms with van der Waals surface area (Å²) in [4.78, 5) is 7.92. The van der Waals surface area contributed by atoms with Gasteiger partial charge in [-0.25, -0.2) is 4.98 Å². The summed E-state index contributed by atoms with van der Waals surface area (Å²) in [5.41, 5.74) is 2.45. The molecule has 0 aliphatic carbocycles. The number of ether oxygens (including phenoxy) is 1. The molecule has 0 amide bonds. The first kappa shape index (κ1) is 13.1. The van der Waals surface area contributed by atoms with Crippen molar-refractivity contribution < 1.29 is 4.74 Å². The molecule has 3 nitrogen and oxygen atoms in total. The van der Waals surface area contributed by atoms with Crippen molar-refractivity contribution in [2.75, 3.05) is 6.61 Å². The van der Waals surface area contributed by atoms with Gasteiger partial charge in [-0.1, -0.05) is 25.6 Å². The number of hydrogen-bond donors (Lipinski definition) is 1. The summed E-state index contributed by atoms with van der Waals surface area (Å²) in [6, 6.07) is 0. The van der Waals surface area contributed by atoms with Crippen molar-refractivity contribution in [2.24, 2.45) is 0 Å². The minimum absolute atomic E-state index is 0.0580. The summed E-state index contributed by atoms with van der Waals surface area (Å²) in [6.07, 6.45) is 2.12. The molecule has 2 heterocycles. The molecule has 1 unspecified atom stereocenters. The fraction of sp³-hybridized carbons (Fsp3) is 0.667. The minimum Gasteiger partial charge on any atom is -0.371 e. The molecule has 1 aliphatic rings. The highest BCUT2D eigenvalue weighted by atomic mass is 32.2. The molecule has 0 saturated heterocycles. The van der Waals surface area contributed by atoms with E-state index < -0.39 is 0 Å². The van der Waals surface area contributed by atoms with Crippen LogP contribution in [-0.2, 0) is 16.2 Å². The SMILES string of the molecule is CCCC(OCC)c1nc(=S)c2c([nH]1)CSC2. The Hall–Kier alpha value is -0.390. The van der Waals surface area contributed by atoms with Crippen LogP contribution in [0.3, 0.4) is 0 Å². The van der Waals surface area contributed by atoms with Crippen molar-refractivity contribution in [3.8, 4) is 0 Å². The van der Waals surface area contributed by atoms with Crippen LogP contribution in [0.5, 0.6) is 0 Å². The largest absolute Gasteiger partial charge is 0.371 e. The summed E-state index contributed by atoms with van der Waals surface area (Å²) in [5, 5.41) is 0. The number of thioether (sulfide) groups is 1. The highest BCUT2D eigenvalue weighted by molar-refractivity contribution is 7.98. The number of aromatic nitrogens is 2. The second-order valence-corrected chi connectivity index (χ2v) is 5.48. The molecule has 0 aromatic carbocycles. The Balaban J connectivity index is 2.31. The van der Waals surface area contributed by atoms with Crippen LogP contribution in [-0.4, -0.2) is 16.6 Å². The Kier molecular flexibility index (Phi) is 4.59. The molecule has 0 saturated carbocycles. The molecule has 1 aromatic heterocycles. The lowest BCUT2D eigenvalue weighted by atomic mass is 10.2. The number of fused-ring (bicyclic) bond motifs is 1. The van der Waals surface area contributed by atoms with Gasteiger partial charge in [0.1, 0.15) is 16.6 Å². The Morgan fingerprint density at radius 3 is 3.00 bits per heavy atom. The maximum Gasteiger partial charge on any atom is 0.137 e. The first-order valence-electron chi connectivity index (χ1n) is 6.07. The van der Waals surface area contributed by atoms with Crippen molar-refractivity contribution in [3.05, 3.63) is 21.7 Å². The van der Waals surface area contributed by atoms with Crippen LogP contribution in [0.15, 0.2) is 0 Å². The summed E-state index contributed by atoms with van der Waals surface area (Å²) in [7, 11) is 0. The van der Waals surface area contributed by atoms with Gasteiger partial charge in [0.2, 0.25) is 0 Å². The maximum atomic E-state index is 5.74. The first-order valence-corrected chi connectivity index (χ1v) is 7.63. The van der Waals surface area contributed by atoms with Crippen LogP contribution in [0.4, 0.5) is 0 Å². The van der Waals surface area contributed by atoms with E-state index >= 15 is 0 Å². The van der Waals surface area contributed by atoms with E-state index in [4.69, 9.17) is 17.0 Å². The van der Waals surface area contributed by atoms with Crippen molar-refractivity contribution in [2.45, 2.75) is 44.3 Å². The topological polar surface area (TPSA) is 37.9 Å². The van der Waals surface area contributed by atoms with Crippen LogP contribution in [0, 0.1) is 4.64 Å². The number of rotatable bonds is 5. The fourth-order valence-electron chi connectivity index (χ4n) is 2.01. The molecule has 2 rings (SSSR count). The van der Waals surface area contributed by atoms with Gasteiger partial charge < -0.3 is 9.72 Å². The van der Waals surface area contributed by atoms with Crippen LogP contribution < -0.4 is 0 Å². The smallest absolute Gasteiger partial charge is 0.137 e. The molecule has 0 spiro atoms. The Labute approximate surface area is 111 Å². The molecule has 0 bridgehead atoms. The maximum absolute atomic E-state index is 5.74. The van der Waals surface area contributed by atoms with E-state index in [2.05, 4.69) is 16.9 Å². The van der Waals surface area contributed by atoms with Crippen LogP contribution in [0.25, 0.3) is 0 Å². The van der Waals surface area contributed by atoms with Crippen molar-refractivity contribution in [1.82, 2.24) is 9.97 Å². The van der Waals surface area contributed by atoms with Gasteiger partial charge in [-0.2, -0.15) is 11.8 Å². The third kappa shape index (κ3) is 2.89. The standard InChI is InChI=1S/C12H18N2OS2/c1-3-5-10(15-4-2)11-13-9-7-17-6-8(9)12(16)14-11/h10H,3-7H2,1-2H3,(H,13,14,16). The zero-order chi connectivity index (χ0) is 12.3. The van der Waals surface area contributed by atoms with Crippen molar-refractivity contribution >= 4 is 24.0 Å². The predicted molar refractivity (Wildman–Crippen MR) is 73.7 cm³/mol. The summed E-state index contributed by atoms with van der Waals surface area (Å²) in [5.74, 6) is 2.91. The third-order valence-electron chi connectivity index (χ3n) is 2.84. The number of H-pyrrole nitrogens is 1.